The van der Waals surface area contributed by atoms with E-state index in [1.807, 2.05) is 0 Å². The number of urea groups is 1. The molecule has 1 heterocycles. The number of benzene rings is 1. The minimum atomic E-state index is -0.406. The van der Waals surface area contributed by atoms with Crippen LogP contribution in [0.2, 0.25) is 0 Å². The Balaban J connectivity index is 1.64. The number of halogens is 1. The predicted molar refractivity (Wildman–Crippen MR) is 81.4 cm³/mol. The molecule has 0 saturated carbocycles. The molecule has 122 valence electrons. The number of ether oxygens (including phenoxy) is 2. The van der Waals surface area contributed by atoms with Gasteiger partial charge in [0.15, 0.2) is 11.6 Å². The molecule has 5 nitrogen and oxygen atoms in total. The van der Waals surface area contributed by atoms with Crippen LogP contribution in [0.1, 0.15) is 19.8 Å². The Bertz CT molecular complexity index is 478. The molecule has 0 aromatic heterocycles. The van der Waals surface area contributed by atoms with Crippen LogP contribution in [0.3, 0.4) is 0 Å². The van der Waals surface area contributed by atoms with Crippen molar-refractivity contribution >= 4 is 6.03 Å². The van der Waals surface area contributed by atoms with Crippen LogP contribution in [0.25, 0.3) is 0 Å². The Morgan fingerprint density at radius 1 is 1.45 bits per heavy atom. The molecule has 22 heavy (non-hydrogen) atoms. The van der Waals surface area contributed by atoms with Crippen LogP contribution in [0.5, 0.6) is 5.75 Å². The van der Waals surface area contributed by atoms with Gasteiger partial charge >= 0.3 is 6.03 Å². The van der Waals surface area contributed by atoms with Gasteiger partial charge in [-0.1, -0.05) is 12.1 Å². The third-order valence-electron chi connectivity index (χ3n) is 3.52. The number of hydrogen-bond acceptors (Lipinski definition) is 3. The van der Waals surface area contributed by atoms with E-state index in [1.54, 1.807) is 25.1 Å². The Labute approximate surface area is 130 Å². The second-order valence-corrected chi connectivity index (χ2v) is 5.53. The number of amides is 2. The maximum Gasteiger partial charge on any atom is 0.314 e. The molecule has 2 atom stereocenters. The summed E-state index contributed by atoms with van der Waals surface area (Å²) in [6.45, 7) is 4.21. The third-order valence-corrected chi connectivity index (χ3v) is 3.52. The van der Waals surface area contributed by atoms with E-state index in [1.165, 1.54) is 6.07 Å². The standard InChI is InChI=1S/C16H23FN2O3/c1-12(22-15-7-3-2-6-14(15)17)9-18-16(20)19-10-13-5-4-8-21-11-13/h2-3,6-7,12-13H,4-5,8-11H2,1H3,(H2,18,19,20)/t12-,13-/m0/s1. The van der Waals surface area contributed by atoms with E-state index in [0.717, 1.165) is 19.4 Å². The van der Waals surface area contributed by atoms with E-state index in [4.69, 9.17) is 9.47 Å². The second-order valence-electron chi connectivity index (χ2n) is 5.53. The SMILES string of the molecule is C[C@@H](CNC(=O)NC[C@@H]1CCCOC1)Oc1ccccc1F. The lowest BCUT2D eigenvalue weighted by Crippen LogP contribution is -2.43. The molecule has 2 rings (SSSR count). The summed E-state index contributed by atoms with van der Waals surface area (Å²) in [7, 11) is 0. The van der Waals surface area contributed by atoms with Gasteiger partial charge in [0.2, 0.25) is 0 Å². The first-order valence-electron chi connectivity index (χ1n) is 7.66. The summed E-state index contributed by atoms with van der Waals surface area (Å²) in [6.07, 6.45) is 1.80. The number of hydrogen-bond donors (Lipinski definition) is 2. The highest BCUT2D eigenvalue weighted by molar-refractivity contribution is 5.73. The molecule has 1 aromatic rings. The molecule has 0 aliphatic carbocycles. The molecule has 1 aliphatic heterocycles. The van der Waals surface area contributed by atoms with E-state index >= 15 is 0 Å². The number of nitrogens with one attached hydrogen (secondary N) is 2. The molecule has 0 radical (unpaired) electrons. The lowest BCUT2D eigenvalue weighted by Gasteiger charge is -2.22. The van der Waals surface area contributed by atoms with Gasteiger partial charge < -0.3 is 20.1 Å². The smallest absolute Gasteiger partial charge is 0.314 e. The van der Waals surface area contributed by atoms with Crippen molar-refractivity contribution in [1.29, 1.82) is 0 Å². The summed E-state index contributed by atoms with van der Waals surface area (Å²) in [6, 6.07) is 5.98. The molecule has 6 heteroatoms. The maximum absolute atomic E-state index is 13.4. The second kappa shape index (κ2) is 8.58. The van der Waals surface area contributed by atoms with Gasteiger partial charge in [0, 0.05) is 13.2 Å². The highest BCUT2D eigenvalue weighted by atomic mass is 19.1. The molecule has 1 aliphatic rings. The predicted octanol–water partition coefficient (Wildman–Crippen LogP) is 2.32. The number of rotatable bonds is 6. The van der Waals surface area contributed by atoms with Gasteiger partial charge in [-0.3, -0.25) is 0 Å². The summed E-state index contributed by atoms with van der Waals surface area (Å²) < 4.78 is 24.3. The van der Waals surface area contributed by atoms with E-state index in [-0.39, 0.29) is 17.9 Å². The lowest BCUT2D eigenvalue weighted by atomic mass is 10.0. The fourth-order valence-corrected chi connectivity index (χ4v) is 2.30. The first-order chi connectivity index (χ1) is 10.6. The Hall–Kier alpha value is -1.82. The Morgan fingerprint density at radius 2 is 2.27 bits per heavy atom. The highest BCUT2D eigenvalue weighted by Gasteiger charge is 2.15. The fourth-order valence-electron chi connectivity index (χ4n) is 2.30. The molecule has 1 saturated heterocycles. The summed E-state index contributed by atoms with van der Waals surface area (Å²) in [4.78, 5) is 11.7. The van der Waals surface area contributed by atoms with Crippen LogP contribution < -0.4 is 15.4 Å². The van der Waals surface area contributed by atoms with Gasteiger partial charge in [0.05, 0.1) is 13.2 Å². The number of carbonyl (C=O) groups excluding carboxylic acids is 1. The molecule has 0 bridgehead atoms. The van der Waals surface area contributed by atoms with Gasteiger partial charge in [-0.05, 0) is 37.8 Å². The van der Waals surface area contributed by atoms with Crippen molar-refractivity contribution in [2.24, 2.45) is 5.92 Å². The minimum Gasteiger partial charge on any atom is -0.486 e. The summed E-state index contributed by atoms with van der Waals surface area (Å²) in [5, 5.41) is 5.55. The summed E-state index contributed by atoms with van der Waals surface area (Å²) in [5.41, 5.74) is 0. The summed E-state index contributed by atoms with van der Waals surface area (Å²) >= 11 is 0. The van der Waals surface area contributed by atoms with Crippen LogP contribution >= 0.6 is 0 Å². The van der Waals surface area contributed by atoms with Crippen LogP contribution in [-0.4, -0.2) is 38.4 Å². The van der Waals surface area contributed by atoms with Crippen molar-refractivity contribution in [3.63, 3.8) is 0 Å². The van der Waals surface area contributed by atoms with Gasteiger partial charge in [0.1, 0.15) is 6.10 Å². The third kappa shape index (κ3) is 5.52. The molecule has 1 fully saturated rings. The van der Waals surface area contributed by atoms with Crippen LogP contribution in [0.4, 0.5) is 9.18 Å². The van der Waals surface area contributed by atoms with Gasteiger partial charge in [-0.2, -0.15) is 0 Å². The number of para-hydroxylation sites is 1. The zero-order valence-electron chi connectivity index (χ0n) is 12.8. The highest BCUT2D eigenvalue weighted by Crippen LogP contribution is 2.16. The molecule has 2 amide bonds. The summed E-state index contributed by atoms with van der Waals surface area (Å²) in [5.74, 6) is 0.166. The van der Waals surface area contributed by atoms with Crippen LogP contribution in [0, 0.1) is 11.7 Å². The maximum atomic E-state index is 13.4. The van der Waals surface area contributed by atoms with Gasteiger partial charge in [-0.15, -0.1) is 0 Å². The fraction of sp³-hybridized carbons (Fsp3) is 0.562. The topological polar surface area (TPSA) is 59.6 Å². The monoisotopic (exact) mass is 310 g/mol. The van der Waals surface area contributed by atoms with E-state index in [2.05, 4.69) is 10.6 Å². The quantitative estimate of drug-likeness (QED) is 0.848. The molecular formula is C16H23FN2O3. The van der Waals surface area contributed by atoms with Gasteiger partial charge in [-0.25, -0.2) is 9.18 Å². The van der Waals surface area contributed by atoms with Crippen molar-refractivity contribution in [3.8, 4) is 5.75 Å². The lowest BCUT2D eigenvalue weighted by molar-refractivity contribution is 0.0557. The van der Waals surface area contributed by atoms with Crippen molar-refractivity contribution < 1.29 is 18.7 Å². The Kier molecular flexibility index (Phi) is 6.45. The number of carbonyl (C=O) groups is 1. The van der Waals surface area contributed by atoms with E-state index < -0.39 is 5.82 Å². The Morgan fingerprint density at radius 3 is 3.00 bits per heavy atom. The van der Waals surface area contributed by atoms with Crippen molar-refractivity contribution in [3.05, 3.63) is 30.1 Å². The zero-order valence-corrected chi connectivity index (χ0v) is 12.8. The molecule has 0 unspecified atom stereocenters. The minimum absolute atomic E-state index is 0.191. The van der Waals surface area contributed by atoms with Crippen LogP contribution in [-0.2, 0) is 4.74 Å². The normalized spacial score (nSPS) is 19.3. The average Bonchev–Trinajstić information content (AvgIpc) is 2.54. The zero-order chi connectivity index (χ0) is 15.8. The first-order valence-corrected chi connectivity index (χ1v) is 7.66. The molecule has 0 spiro atoms. The molecule has 2 N–H and O–H groups in total. The molecule has 1 aromatic carbocycles. The molecular weight excluding hydrogens is 287 g/mol. The van der Waals surface area contributed by atoms with E-state index in [0.29, 0.717) is 25.6 Å². The van der Waals surface area contributed by atoms with Crippen molar-refractivity contribution in [1.82, 2.24) is 10.6 Å². The largest absolute Gasteiger partial charge is 0.486 e. The average molecular weight is 310 g/mol. The van der Waals surface area contributed by atoms with Crippen LogP contribution in [0.15, 0.2) is 24.3 Å². The van der Waals surface area contributed by atoms with E-state index in [9.17, 15) is 9.18 Å². The van der Waals surface area contributed by atoms with Crippen molar-refractivity contribution in [2.45, 2.75) is 25.9 Å². The van der Waals surface area contributed by atoms with Crippen molar-refractivity contribution in [2.75, 3.05) is 26.3 Å². The first kappa shape index (κ1) is 16.5. The van der Waals surface area contributed by atoms with Gasteiger partial charge in [0.25, 0.3) is 0 Å².